The highest BCUT2D eigenvalue weighted by atomic mass is 127. The van der Waals surface area contributed by atoms with Gasteiger partial charge in [-0.05, 0) is 52.9 Å². The van der Waals surface area contributed by atoms with Gasteiger partial charge in [0.15, 0.2) is 0 Å². The Kier molecular flexibility index (Phi) is 4.73. The van der Waals surface area contributed by atoms with Gasteiger partial charge in [-0.2, -0.15) is 0 Å². The molecule has 19 heavy (non-hydrogen) atoms. The molecule has 5 heteroatoms. The topological polar surface area (TPSA) is 51.2 Å². The van der Waals surface area contributed by atoms with E-state index in [2.05, 4.69) is 32.9 Å². The summed E-state index contributed by atoms with van der Waals surface area (Å²) in [6.07, 6.45) is 1.66. The van der Waals surface area contributed by atoms with Gasteiger partial charge in [-0.1, -0.05) is 6.07 Å². The molecule has 98 valence electrons. The van der Waals surface area contributed by atoms with Crippen molar-refractivity contribution in [3.63, 3.8) is 0 Å². The van der Waals surface area contributed by atoms with Crippen LogP contribution >= 0.6 is 22.6 Å². The number of ether oxygens (including phenoxy) is 1. The van der Waals surface area contributed by atoms with E-state index in [0.717, 1.165) is 9.13 Å². The molecule has 1 aromatic carbocycles. The average Bonchev–Trinajstić information content (AvgIpc) is 2.45. The number of methoxy groups -OCH3 is 1. The summed E-state index contributed by atoms with van der Waals surface area (Å²) in [6.45, 7) is 0.391. The van der Waals surface area contributed by atoms with Gasteiger partial charge in [0.1, 0.15) is 0 Å². The summed E-state index contributed by atoms with van der Waals surface area (Å²) in [4.78, 5) is 16.0. The summed E-state index contributed by atoms with van der Waals surface area (Å²) >= 11 is 2.20. The Morgan fingerprint density at radius 1 is 1.32 bits per heavy atom. The Bertz CT molecular complexity index is 570. The van der Waals surface area contributed by atoms with E-state index in [9.17, 15) is 4.79 Å². The fourth-order valence-corrected chi connectivity index (χ4v) is 1.98. The van der Waals surface area contributed by atoms with Crippen LogP contribution in [0.2, 0.25) is 0 Å². The molecule has 0 spiro atoms. The summed E-state index contributed by atoms with van der Waals surface area (Å²) in [5, 5.41) is 2.85. The molecular formula is C14H13IN2O2. The van der Waals surface area contributed by atoms with Gasteiger partial charge in [0.2, 0.25) is 5.88 Å². The Hall–Kier alpha value is -1.63. The standard InChI is InChI=1S/C14H13IN2O2/c1-19-14-11(3-2-8-16-14)9-17-13(18)10-4-6-12(15)7-5-10/h2-8H,9H2,1H3,(H,17,18). The number of nitrogens with zero attached hydrogens (tertiary/aromatic N) is 1. The average molecular weight is 368 g/mol. The Balaban J connectivity index is 2.02. The molecule has 0 radical (unpaired) electrons. The van der Waals surface area contributed by atoms with Crippen molar-refractivity contribution in [3.05, 3.63) is 57.3 Å². The van der Waals surface area contributed by atoms with E-state index in [0.29, 0.717) is 18.0 Å². The second-order valence-electron chi connectivity index (χ2n) is 3.86. The lowest BCUT2D eigenvalue weighted by atomic mass is 10.2. The lowest BCUT2D eigenvalue weighted by molar-refractivity contribution is 0.0950. The SMILES string of the molecule is COc1ncccc1CNC(=O)c1ccc(I)cc1. The number of amides is 1. The van der Waals surface area contributed by atoms with E-state index in [1.165, 1.54) is 0 Å². The number of aromatic nitrogens is 1. The number of carbonyl (C=O) groups excluding carboxylic acids is 1. The Morgan fingerprint density at radius 3 is 2.74 bits per heavy atom. The van der Waals surface area contributed by atoms with Crippen molar-refractivity contribution < 1.29 is 9.53 Å². The molecule has 0 aliphatic rings. The molecule has 0 unspecified atom stereocenters. The molecule has 1 amide bonds. The van der Waals surface area contributed by atoms with E-state index in [1.807, 2.05) is 24.3 Å². The zero-order valence-electron chi connectivity index (χ0n) is 10.4. The zero-order valence-corrected chi connectivity index (χ0v) is 12.5. The third kappa shape index (κ3) is 3.66. The maximum Gasteiger partial charge on any atom is 0.251 e. The molecule has 1 N–H and O–H groups in total. The number of benzene rings is 1. The summed E-state index contributed by atoms with van der Waals surface area (Å²) in [5.74, 6) is 0.424. The van der Waals surface area contributed by atoms with Crippen molar-refractivity contribution in [2.75, 3.05) is 7.11 Å². The Labute approximate surface area is 125 Å². The molecule has 4 nitrogen and oxygen atoms in total. The highest BCUT2D eigenvalue weighted by Crippen LogP contribution is 2.13. The number of nitrogens with one attached hydrogen (secondary N) is 1. The number of halogens is 1. The maximum absolute atomic E-state index is 12.0. The third-order valence-corrected chi connectivity index (χ3v) is 3.31. The van der Waals surface area contributed by atoms with Gasteiger partial charge < -0.3 is 10.1 Å². The van der Waals surface area contributed by atoms with E-state index in [-0.39, 0.29) is 5.91 Å². The quantitative estimate of drug-likeness (QED) is 0.845. The molecule has 0 fully saturated rings. The van der Waals surface area contributed by atoms with E-state index in [4.69, 9.17) is 4.74 Å². The molecule has 2 aromatic rings. The monoisotopic (exact) mass is 368 g/mol. The molecular weight excluding hydrogens is 355 g/mol. The van der Waals surface area contributed by atoms with E-state index >= 15 is 0 Å². The zero-order chi connectivity index (χ0) is 13.7. The number of hydrogen-bond acceptors (Lipinski definition) is 3. The predicted octanol–water partition coefficient (Wildman–Crippen LogP) is 2.62. The minimum absolute atomic E-state index is 0.109. The number of hydrogen-bond donors (Lipinski definition) is 1. The highest BCUT2D eigenvalue weighted by Gasteiger charge is 2.07. The maximum atomic E-state index is 12.0. The highest BCUT2D eigenvalue weighted by molar-refractivity contribution is 14.1. The second-order valence-corrected chi connectivity index (χ2v) is 5.11. The van der Waals surface area contributed by atoms with E-state index in [1.54, 1.807) is 25.4 Å². The summed E-state index contributed by atoms with van der Waals surface area (Å²) in [6, 6.07) is 11.1. The minimum Gasteiger partial charge on any atom is -0.481 e. The third-order valence-electron chi connectivity index (χ3n) is 2.59. The fraction of sp³-hybridized carbons (Fsp3) is 0.143. The summed E-state index contributed by atoms with van der Waals surface area (Å²) < 4.78 is 6.24. The van der Waals surface area contributed by atoms with E-state index < -0.39 is 0 Å². The van der Waals surface area contributed by atoms with Crippen LogP contribution in [0, 0.1) is 3.57 Å². The van der Waals surface area contributed by atoms with Crippen LogP contribution < -0.4 is 10.1 Å². The predicted molar refractivity (Wildman–Crippen MR) is 81.1 cm³/mol. The molecule has 0 atom stereocenters. The van der Waals surface area contributed by atoms with Crippen molar-refractivity contribution >= 4 is 28.5 Å². The first-order valence-corrected chi connectivity index (χ1v) is 6.80. The van der Waals surface area contributed by atoms with Crippen LogP contribution in [0.3, 0.4) is 0 Å². The van der Waals surface area contributed by atoms with Crippen LogP contribution in [0.1, 0.15) is 15.9 Å². The molecule has 1 aromatic heterocycles. The number of pyridine rings is 1. The van der Waals surface area contributed by atoms with Crippen LogP contribution in [0.15, 0.2) is 42.6 Å². The number of carbonyl (C=O) groups is 1. The molecule has 0 saturated carbocycles. The molecule has 0 aliphatic carbocycles. The van der Waals surface area contributed by atoms with Gasteiger partial charge in [0, 0.05) is 27.4 Å². The molecule has 0 saturated heterocycles. The van der Waals surface area contributed by atoms with Crippen molar-refractivity contribution in [1.29, 1.82) is 0 Å². The van der Waals surface area contributed by atoms with Gasteiger partial charge in [-0.3, -0.25) is 4.79 Å². The van der Waals surface area contributed by atoms with Crippen LogP contribution in [0.5, 0.6) is 5.88 Å². The van der Waals surface area contributed by atoms with Crippen LogP contribution in [0.4, 0.5) is 0 Å². The van der Waals surface area contributed by atoms with Crippen molar-refractivity contribution in [2.45, 2.75) is 6.54 Å². The smallest absolute Gasteiger partial charge is 0.251 e. The first-order valence-electron chi connectivity index (χ1n) is 5.72. The largest absolute Gasteiger partial charge is 0.481 e. The number of rotatable bonds is 4. The van der Waals surface area contributed by atoms with Gasteiger partial charge in [-0.15, -0.1) is 0 Å². The van der Waals surface area contributed by atoms with Crippen molar-refractivity contribution in [3.8, 4) is 5.88 Å². The first-order chi connectivity index (χ1) is 9.20. The molecule has 1 heterocycles. The second kappa shape index (κ2) is 6.51. The van der Waals surface area contributed by atoms with Gasteiger partial charge in [-0.25, -0.2) is 4.98 Å². The minimum atomic E-state index is -0.109. The molecule has 0 bridgehead atoms. The molecule has 2 rings (SSSR count). The Morgan fingerprint density at radius 2 is 2.05 bits per heavy atom. The fourth-order valence-electron chi connectivity index (χ4n) is 1.62. The summed E-state index contributed by atoms with van der Waals surface area (Å²) in [5.41, 5.74) is 1.49. The van der Waals surface area contributed by atoms with Crippen molar-refractivity contribution in [1.82, 2.24) is 10.3 Å². The lowest BCUT2D eigenvalue weighted by Gasteiger charge is -2.08. The van der Waals surface area contributed by atoms with Gasteiger partial charge in [0.05, 0.1) is 7.11 Å². The van der Waals surface area contributed by atoms with Crippen LogP contribution in [0.25, 0.3) is 0 Å². The summed E-state index contributed by atoms with van der Waals surface area (Å²) in [7, 11) is 1.56. The molecule has 0 aliphatic heterocycles. The normalized spacial score (nSPS) is 10.0. The first kappa shape index (κ1) is 13.8. The van der Waals surface area contributed by atoms with Crippen LogP contribution in [-0.4, -0.2) is 18.0 Å². The van der Waals surface area contributed by atoms with Gasteiger partial charge in [0.25, 0.3) is 5.91 Å². The van der Waals surface area contributed by atoms with Crippen LogP contribution in [-0.2, 0) is 6.54 Å². The van der Waals surface area contributed by atoms with Gasteiger partial charge >= 0.3 is 0 Å². The lowest BCUT2D eigenvalue weighted by Crippen LogP contribution is -2.23. The van der Waals surface area contributed by atoms with Crippen molar-refractivity contribution in [2.24, 2.45) is 0 Å².